The van der Waals surface area contributed by atoms with Crippen molar-refractivity contribution in [3.05, 3.63) is 0 Å². The fourth-order valence-corrected chi connectivity index (χ4v) is 2.50. The molecule has 0 spiro atoms. The average Bonchev–Trinajstić information content (AvgIpc) is 2.41. The monoisotopic (exact) mass is 328 g/mol. The summed E-state index contributed by atoms with van der Waals surface area (Å²) in [6.07, 6.45) is 7.43. The summed E-state index contributed by atoms with van der Waals surface area (Å²) >= 11 is 0. The molecular weight excluding hydrogens is 288 g/mol. The zero-order valence-corrected chi connectivity index (χ0v) is 16.5. The van der Waals surface area contributed by atoms with Gasteiger partial charge in [0.15, 0.2) is 0 Å². The number of carbonyl (C=O) groups excluding carboxylic acids is 1. The van der Waals surface area contributed by atoms with Gasteiger partial charge in [0, 0.05) is 18.6 Å². The highest BCUT2D eigenvalue weighted by molar-refractivity contribution is 5.67. The van der Waals surface area contributed by atoms with E-state index in [0.29, 0.717) is 18.5 Å². The van der Waals surface area contributed by atoms with Crippen molar-refractivity contribution in [2.75, 3.05) is 6.54 Å². The highest BCUT2D eigenvalue weighted by atomic mass is 16.6. The number of hydrogen-bond acceptors (Lipinski definition) is 3. The second kappa shape index (κ2) is 11.7. The Balaban J connectivity index is 4.08. The molecule has 0 saturated heterocycles. The minimum Gasteiger partial charge on any atom is -0.444 e. The molecule has 2 unspecified atom stereocenters. The largest absolute Gasteiger partial charge is 0.444 e. The third-order valence-corrected chi connectivity index (χ3v) is 3.91. The van der Waals surface area contributed by atoms with E-state index in [1.807, 2.05) is 20.8 Å². The molecule has 2 atom stereocenters. The number of alkyl carbamates (subject to hydrolysis) is 1. The Bertz CT molecular complexity index is 311. The Morgan fingerprint density at radius 2 is 1.65 bits per heavy atom. The number of ether oxygens (including phenoxy) is 1. The first-order valence-corrected chi connectivity index (χ1v) is 9.38. The van der Waals surface area contributed by atoms with E-state index in [2.05, 4.69) is 38.3 Å². The topological polar surface area (TPSA) is 50.4 Å². The van der Waals surface area contributed by atoms with Gasteiger partial charge in [-0.15, -0.1) is 0 Å². The Morgan fingerprint density at radius 3 is 2.17 bits per heavy atom. The van der Waals surface area contributed by atoms with E-state index < -0.39 is 5.60 Å². The van der Waals surface area contributed by atoms with Crippen LogP contribution in [0.25, 0.3) is 0 Å². The molecule has 1 amide bonds. The molecule has 0 fully saturated rings. The van der Waals surface area contributed by atoms with Crippen molar-refractivity contribution >= 4 is 6.09 Å². The molecule has 4 nitrogen and oxygen atoms in total. The van der Waals surface area contributed by atoms with E-state index in [1.54, 1.807) is 0 Å². The number of unbranched alkanes of at least 4 members (excludes halogenated alkanes) is 4. The predicted molar refractivity (Wildman–Crippen MR) is 98.8 cm³/mol. The molecule has 0 aliphatic heterocycles. The minimum absolute atomic E-state index is 0.271. The van der Waals surface area contributed by atoms with E-state index in [1.165, 1.54) is 38.5 Å². The van der Waals surface area contributed by atoms with Crippen LogP contribution in [0.3, 0.4) is 0 Å². The molecule has 0 heterocycles. The van der Waals surface area contributed by atoms with Crippen LogP contribution >= 0.6 is 0 Å². The summed E-state index contributed by atoms with van der Waals surface area (Å²) < 4.78 is 5.30. The van der Waals surface area contributed by atoms with Crippen molar-refractivity contribution in [2.45, 2.75) is 105 Å². The molecule has 0 saturated carbocycles. The van der Waals surface area contributed by atoms with Gasteiger partial charge in [-0.3, -0.25) is 0 Å². The lowest BCUT2D eigenvalue weighted by atomic mass is 10.0. The maximum atomic E-state index is 11.8. The summed E-state index contributed by atoms with van der Waals surface area (Å²) in [5, 5.41) is 6.54. The number of amides is 1. The van der Waals surface area contributed by atoms with Crippen molar-refractivity contribution in [3.63, 3.8) is 0 Å². The van der Waals surface area contributed by atoms with Crippen molar-refractivity contribution in [1.29, 1.82) is 0 Å². The first-order valence-electron chi connectivity index (χ1n) is 9.38. The van der Waals surface area contributed by atoms with Gasteiger partial charge in [0.2, 0.25) is 0 Å². The van der Waals surface area contributed by atoms with Gasteiger partial charge in [-0.05, 0) is 40.0 Å². The number of hydrogen-bond donors (Lipinski definition) is 2. The lowest BCUT2D eigenvalue weighted by molar-refractivity contribution is 0.0518. The molecule has 0 aliphatic rings. The molecule has 0 radical (unpaired) electrons. The van der Waals surface area contributed by atoms with E-state index in [4.69, 9.17) is 4.74 Å². The fourth-order valence-electron chi connectivity index (χ4n) is 2.50. The first-order chi connectivity index (χ1) is 10.7. The van der Waals surface area contributed by atoms with Gasteiger partial charge in [-0.25, -0.2) is 4.79 Å². The molecule has 0 aromatic heterocycles. The van der Waals surface area contributed by atoms with Crippen LogP contribution in [0.1, 0.15) is 87.0 Å². The van der Waals surface area contributed by atoms with Crippen LogP contribution < -0.4 is 10.6 Å². The fraction of sp³-hybridized carbons (Fsp3) is 0.947. The third kappa shape index (κ3) is 13.4. The van der Waals surface area contributed by atoms with Crippen LogP contribution in [-0.4, -0.2) is 30.3 Å². The Labute approximate surface area is 144 Å². The van der Waals surface area contributed by atoms with Crippen LogP contribution in [0, 0.1) is 5.92 Å². The lowest BCUT2D eigenvalue weighted by Crippen LogP contribution is -2.48. The average molecular weight is 329 g/mol. The third-order valence-electron chi connectivity index (χ3n) is 3.91. The zero-order valence-electron chi connectivity index (χ0n) is 16.5. The van der Waals surface area contributed by atoms with Crippen molar-refractivity contribution in [3.8, 4) is 0 Å². The van der Waals surface area contributed by atoms with Crippen molar-refractivity contribution in [2.24, 2.45) is 5.92 Å². The summed E-state index contributed by atoms with van der Waals surface area (Å²) in [5.74, 6) is 0.465. The molecule has 0 aliphatic carbocycles. The van der Waals surface area contributed by atoms with Gasteiger partial charge >= 0.3 is 6.09 Å². The summed E-state index contributed by atoms with van der Waals surface area (Å²) in [7, 11) is 0. The van der Waals surface area contributed by atoms with E-state index in [-0.39, 0.29) is 12.1 Å². The maximum absolute atomic E-state index is 11.8. The Hall–Kier alpha value is -0.770. The van der Waals surface area contributed by atoms with Crippen LogP contribution in [0.4, 0.5) is 4.79 Å². The van der Waals surface area contributed by atoms with Crippen LogP contribution in [-0.2, 0) is 4.74 Å². The van der Waals surface area contributed by atoms with Crippen LogP contribution in [0.5, 0.6) is 0 Å². The second-order valence-electron chi connectivity index (χ2n) is 8.00. The summed E-state index contributed by atoms with van der Waals surface area (Å²) in [5.41, 5.74) is -0.448. The van der Waals surface area contributed by atoms with Gasteiger partial charge in [0.1, 0.15) is 5.60 Å². The molecule has 0 rings (SSSR count). The Morgan fingerprint density at radius 1 is 1.04 bits per heavy atom. The smallest absolute Gasteiger partial charge is 0.407 e. The SMILES string of the molecule is CCCCCCCC(C)NC(CNC(=O)OC(C)(C)C)C(C)C. The molecule has 2 N–H and O–H groups in total. The van der Waals surface area contributed by atoms with Crippen molar-refractivity contribution < 1.29 is 9.53 Å². The summed E-state index contributed by atoms with van der Waals surface area (Å²) in [6.45, 7) is 15.1. The summed E-state index contributed by atoms with van der Waals surface area (Å²) in [4.78, 5) is 11.8. The highest BCUT2D eigenvalue weighted by Gasteiger charge is 2.20. The van der Waals surface area contributed by atoms with Gasteiger partial charge in [-0.2, -0.15) is 0 Å². The van der Waals surface area contributed by atoms with Crippen LogP contribution in [0.2, 0.25) is 0 Å². The molecular formula is C19H40N2O2. The van der Waals surface area contributed by atoms with Gasteiger partial charge < -0.3 is 15.4 Å². The Kier molecular flexibility index (Phi) is 11.3. The molecule has 0 aromatic rings. The minimum atomic E-state index is -0.448. The molecule has 138 valence electrons. The van der Waals surface area contributed by atoms with Gasteiger partial charge in [-0.1, -0.05) is 52.9 Å². The van der Waals surface area contributed by atoms with E-state index in [0.717, 1.165) is 0 Å². The standard InChI is InChI=1S/C19H40N2O2/c1-8-9-10-11-12-13-16(4)21-17(15(2)3)14-20-18(22)23-19(5,6)7/h15-17,21H,8-14H2,1-7H3,(H,20,22). The first kappa shape index (κ1) is 22.2. The molecule has 4 heteroatoms. The molecule has 23 heavy (non-hydrogen) atoms. The maximum Gasteiger partial charge on any atom is 0.407 e. The van der Waals surface area contributed by atoms with E-state index >= 15 is 0 Å². The molecule has 0 aromatic carbocycles. The summed E-state index contributed by atoms with van der Waals surface area (Å²) in [6, 6.07) is 0.748. The highest BCUT2D eigenvalue weighted by Crippen LogP contribution is 2.10. The second-order valence-corrected chi connectivity index (χ2v) is 8.00. The quantitative estimate of drug-likeness (QED) is 0.532. The zero-order chi connectivity index (χ0) is 17.9. The normalized spacial score (nSPS) is 14.6. The molecule has 0 bridgehead atoms. The van der Waals surface area contributed by atoms with Crippen LogP contribution in [0.15, 0.2) is 0 Å². The number of carbonyl (C=O) groups is 1. The lowest BCUT2D eigenvalue weighted by Gasteiger charge is -2.27. The van der Waals surface area contributed by atoms with Gasteiger partial charge in [0.05, 0.1) is 0 Å². The van der Waals surface area contributed by atoms with E-state index in [9.17, 15) is 4.79 Å². The number of nitrogens with one attached hydrogen (secondary N) is 2. The predicted octanol–water partition coefficient (Wildman–Crippen LogP) is 4.87. The van der Waals surface area contributed by atoms with Gasteiger partial charge in [0.25, 0.3) is 0 Å². The van der Waals surface area contributed by atoms with Crippen molar-refractivity contribution in [1.82, 2.24) is 10.6 Å². The number of rotatable bonds is 11.